The van der Waals surface area contributed by atoms with E-state index in [9.17, 15) is 14.4 Å². The number of amides is 3. The summed E-state index contributed by atoms with van der Waals surface area (Å²) < 4.78 is 4.75. The first-order valence-electron chi connectivity index (χ1n) is 7.42. The molecular weight excluding hydrogens is 320 g/mol. The fourth-order valence-electron chi connectivity index (χ4n) is 1.94. The lowest BCUT2D eigenvalue weighted by Crippen LogP contribution is -2.46. The molecule has 1 aromatic rings. The molecule has 9 heteroatoms. The fourth-order valence-corrected chi connectivity index (χ4v) is 2.62. The Bertz CT molecular complexity index is 585. The van der Waals surface area contributed by atoms with Crippen molar-refractivity contribution in [1.29, 1.82) is 0 Å². The normalized spacial score (nSPS) is 13.3. The molecule has 0 spiro atoms. The van der Waals surface area contributed by atoms with Crippen molar-refractivity contribution in [1.82, 2.24) is 15.2 Å². The lowest BCUT2D eigenvalue weighted by molar-refractivity contribution is -0.141. The lowest BCUT2D eigenvalue weighted by atomic mass is 10.4. The van der Waals surface area contributed by atoms with Crippen LogP contribution in [-0.2, 0) is 14.3 Å². The molecule has 23 heavy (non-hydrogen) atoms. The standard InChI is InChI=1S/C14H20N4O4S/c1-3-22-12(20)7-16-14(21)18(10-4-5-10)8-11(19)17-13-15-6-9(2)23-13/h6,10H,3-5,7-8H2,1-2H3,(H,16,21)(H,15,17,19). The molecule has 0 unspecified atom stereocenters. The van der Waals surface area contributed by atoms with E-state index in [0.29, 0.717) is 5.13 Å². The van der Waals surface area contributed by atoms with Gasteiger partial charge < -0.3 is 20.3 Å². The molecule has 0 saturated heterocycles. The van der Waals surface area contributed by atoms with Crippen LogP contribution in [0.25, 0.3) is 0 Å². The van der Waals surface area contributed by atoms with E-state index in [2.05, 4.69) is 15.6 Å². The van der Waals surface area contributed by atoms with Crippen LogP contribution in [0, 0.1) is 6.92 Å². The Morgan fingerprint density at radius 3 is 2.74 bits per heavy atom. The van der Waals surface area contributed by atoms with E-state index in [-0.39, 0.29) is 31.6 Å². The van der Waals surface area contributed by atoms with E-state index in [4.69, 9.17) is 4.74 Å². The minimum absolute atomic E-state index is 0.0426. The molecule has 1 aromatic heterocycles. The van der Waals surface area contributed by atoms with Crippen molar-refractivity contribution < 1.29 is 19.1 Å². The molecule has 0 aliphatic heterocycles. The van der Waals surface area contributed by atoms with Gasteiger partial charge in [0.2, 0.25) is 5.91 Å². The summed E-state index contributed by atoms with van der Waals surface area (Å²) in [6, 6.07) is -0.396. The number of nitrogens with zero attached hydrogens (tertiary/aromatic N) is 2. The molecule has 0 aromatic carbocycles. The van der Waals surface area contributed by atoms with Gasteiger partial charge in [0, 0.05) is 17.1 Å². The summed E-state index contributed by atoms with van der Waals surface area (Å²) in [6.45, 7) is 3.57. The molecule has 1 fully saturated rings. The largest absolute Gasteiger partial charge is 0.465 e. The summed E-state index contributed by atoms with van der Waals surface area (Å²) in [5.41, 5.74) is 0. The minimum atomic E-state index is -0.501. The van der Waals surface area contributed by atoms with Gasteiger partial charge in [0.1, 0.15) is 13.1 Å². The van der Waals surface area contributed by atoms with E-state index in [1.165, 1.54) is 16.2 Å². The maximum absolute atomic E-state index is 12.1. The highest BCUT2D eigenvalue weighted by Gasteiger charge is 2.34. The molecule has 126 valence electrons. The van der Waals surface area contributed by atoms with E-state index in [1.807, 2.05) is 6.92 Å². The van der Waals surface area contributed by atoms with Crippen molar-refractivity contribution in [2.75, 3.05) is 25.0 Å². The Morgan fingerprint density at radius 2 is 2.17 bits per heavy atom. The van der Waals surface area contributed by atoms with Gasteiger partial charge in [-0.2, -0.15) is 0 Å². The van der Waals surface area contributed by atoms with E-state index < -0.39 is 12.0 Å². The molecule has 1 aliphatic rings. The molecule has 8 nitrogen and oxygen atoms in total. The van der Waals surface area contributed by atoms with E-state index in [0.717, 1.165) is 17.7 Å². The van der Waals surface area contributed by atoms with Crippen molar-refractivity contribution in [2.24, 2.45) is 0 Å². The molecule has 2 N–H and O–H groups in total. The second-order valence-corrected chi connectivity index (χ2v) is 6.38. The maximum atomic E-state index is 12.1. The van der Waals surface area contributed by atoms with Crippen molar-refractivity contribution >= 4 is 34.4 Å². The number of thiazole rings is 1. The van der Waals surface area contributed by atoms with Gasteiger partial charge in [-0.05, 0) is 26.7 Å². The zero-order valence-electron chi connectivity index (χ0n) is 13.1. The number of esters is 1. The third kappa shape index (κ3) is 5.51. The smallest absolute Gasteiger partial charge is 0.325 e. The summed E-state index contributed by atoms with van der Waals surface area (Å²) >= 11 is 1.37. The van der Waals surface area contributed by atoms with Gasteiger partial charge >= 0.3 is 12.0 Å². The Kier molecular flexibility index (Phi) is 5.91. The zero-order chi connectivity index (χ0) is 16.8. The third-order valence-electron chi connectivity index (χ3n) is 3.12. The average Bonchev–Trinajstić information content (AvgIpc) is 3.26. The Hall–Kier alpha value is -2.16. The summed E-state index contributed by atoms with van der Waals surface area (Å²) in [6.07, 6.45) is 3.39. The number of aryl methyl sites for hydroxylation is 1. The average molecular weight is 340 g/mol. The van der Waals surface area contributed by atoms with Crippen LogP contribution < -0.4 is 10.6 Å². The Morgan fingerprint density at radius 1 is 1.43 bits per heavy atom. The van der Waals surface area contributed by atoms with Crippen LogP contribution in [0.5, 0.6) is 0 Å². The van der Waals surface area contributed by atoms with Crippen LogP contribution in [-0.4, -0.2) is 53.5 Å². The number of urea groups is 1. The second-order valence-electron chi connectivity index (χ2n) is 5.15. The molecule has 1 heterocycles. The number of hydrogen-bond donors (Lipinski definition) is 2. The Labute approximate surface area is 138 Å². The topological polar surface area (TPSA) is 101 Å². The second kappa shape index (κ2) is 7.91. The number of carbonyl (C=O) groups excluding carboxylic acids is 3. The van der Waals surface area contributed by atoms with Gasteiger partial charge in [-0.3, -0.25) is 9.59 Å². The summed E-state index contributed by atoms with van der Waals surface area (Å²) in [7, 11) is 0. The van der Waals surface area contributed by atoms with Gasteiger partial charge in [0.15, 0.2) is 5.13 Å². The first-order valence-corrected chi connectivity index (χ1v) is 8.23. The highest BCUT2D eigenvalue weighted by Crippen LogP contribution is 2.26. The third-order valence-corrected chi connectivity index (χ3v) is 3.95. The number of anilines is 1. The highest BCUT2D eigenvalue weighted by molar-refractivity contribution is 7.15. The van der Waals surface area contributed by atoms with E-state index in [1.54, 1.807) is 13.1 Å². The molecule has 1 saturated carbocycles. The van der Waals surface area contributed by atoms with Crippen LogP contribution in [0.15, 0.2) is 6.20 Å². The van der Waals surface area contributed by atoms with Gasteiger partial charge in [-0.1, -0.05) is 0 Å². The molecule has 2 rings (SSSR count). The van der Waals surface area contributed by atoms with Gasteiger partial charge in [0.25, 0.3) is 0 Å². The van der Waals surface area contributed by atoms with Crippen LogP contribution >= 0.6 is 11.3 Å². The monoisotopic (exact) mass is 340 g/mol. The van der Waals surface area contributed by atoms with Gasteiger partial charge in [-0.15, -0.1) is 11.3 Å². The van der Waals surface area contributed by atoms with Crippen LogP contribution in [0.4, 0.5) is 9.93 Å². The number of carbonyl (C=O) groups is 3. The minimum Gasteiger partial charge on any atom is -0.465 e. The number of nitrogens with one attached hydrogen (secondary N) is 2. The summed E-state index contributed by atoms with van der Waals surface area (Å²) in [5, 5.41) is 5.66. The number of rotatable bonds is 7. The maximum Gasteiger partial charge on any atom is 0.325 e. The van der Waals surface area contributed by atoms with Gasteiger partial charge in [0.05, 0.1) is 6.61 Å². The molecule has 0 atom stereocenters. The molecule has 0 bridgehead atoms. The van der Waals surface area contributed by atoms with Crippen molar-refractivity contribution in [2.45, 2.75) is 32.7 Å². The molecular formula is C14H20N4O4S. The van der Waals surface area contributed by atoms with Crippen molar-refractivity contribution in [3.63, 3.8) is 0 Å². The predicted octanol–water partition coefficient (Wildman–Crippen LogP) is 1.13. The lowest BCUT2D eigenvalue weighted by Gasteiger charge is -2.21. The molecule has 0 radical (unpaired) electrons. The number of ether oxygens (including phenoxy) is 1. The molecule has 1 aliphatic carbocycles. The van der Waals surface area contributed by atoms with Gasteiger partial charge in [-0.25, -0.2) is 9.78 Å². The first-order chi connectivity index (χ1) is 11.0. The number of hydrogen-bond acceptors (Lipinski definition) is 6. The Balaban J connectivity index is 1.84. The quantitative estimate of drug-likeness (QED) is 0.725. The van der Waals surface area contributed by atoms with Crippen molar-refractivity contribution in [3.05, 3.63) is 11.1 Å². The summed E-state index contributed by atoms with van der Waals surface area (Å²) in [5.74, 6) is -0.808. The SMILES string of the molecule is CCOC(=O)CNC(=O)N(CC(=O)Nc1ncc(C)s1)C1CC1. The fraction of sp³-hybridized carbons (Fsp3) is 0.571. The number of aromatic nitrogens is 1. The van der Waals surface area contributed by atoms with Crippen LogP contribution in [0.2, 0.25) is 0 Å². The van der Waals surface area contributed by atoms with Crippen LogP contribution in [0.1, 0.15) is 24.6 Å². The zero-order valence-corrected chi connectivity index (χ0v) is 13.9. The predicted molar refractivity (Wildman–Crippen MR) is 85.2 cm³/mol. The van der Waals surface area contributed by atoms with Crippen LogP contribution in [0.3, 0.4) is 0 Å². The summed E-state index contributed by atoms with van der Waals surface area (Å²) in [4.78, 5) is 42.0. The van der Waals surface area contributed by atoms with E-state index >= 15 is 0 Å². The molecule has 3 amide bonds. The first kappa shape index (κ1) is 17.2. The highest BCUT2D eigenvalue weighted by atomic mass is 32.1. The van der Waals surface area contributed by atoms with Crippen molar-refractivity contribution in [3.8, 4) is 0 Å².